The maximum atomic E-state index is 5.77. The third-order valence-corrected chi connectivity index (χ3v) is 4.49. The molecule has 3 rings (SSSR count). The summed E-state index contributed by atoms with van der Waals surface area (Å²) in [6.45, 7) is 1.10. The average molecular weight is 247 g/mol. The number of nitrogens with zero attached hydrogens (tertiary/aromatic N) is 2. The zero-order chi connectivity index (χ0) is 11.7. The molecule has 0 spiro atoms. The summed E-state index contributed by atoms with van der Waals surface area (Å²) in [6.07, 6.45) is 4.62. The van der Waals surface area contributed by atoms with E-state index >= 15 is 0 Å². The van der Waals surface area contributed by atoms with Crippen molar-refractivity contribution < 1.29 is 0 Å². The molecule has 3 nitrogen and oxygen atoms in total. The molecule has 2 heterocycles. The fraction of sp³-hybridized carbons (Fsp3) is 0.462. The third kappa shape index (κ3) is 2.27. The number of anilines is 1. The molecule has 90 valence electrons. The van der Waals surface area contributed by atoms with E-state index in [4.69, 9.17) is 5.73 Å². The number of nitrogens with two attached hydrogens (primary N) is 1. The van der Waals surface area contributed by atoms with Crippen molar-refractivity contribution in [3.05, 3.63) is 24.5 Å². The SMILES string of the molecule is Nc1ccc2c(c1)ncn2CC1CCSCC1. The van der Waals surface area contributed by atoms with Crippen LogP contribution in [0.1, 0.15) is 12.8 Å². The minimum absolute atomic E-state index is 0.789. The first-order valence-corrected chi connectivity index (χ1v) is 7.26. The highest BCUT2D eigenvalue weighted by molar-refractivity contribution is 7.99. The number of hydrogen-bond donors (Lipinski definition) is 1. The molecular weight excluding hydrogens is 230 g/mol. The maximum Gasteiger partial charge on any atom is 0.0958 e. The molecule has 1 aromatic heterocycles. The van der Waals surface area contributed by atoms with Crippen LogP contribution in [0.3, 0.4) is 0 Å². The van der Waals surface area contributed by atoms with Gasteiger partial charge in [-0.25, -0.2) is 4.98 Å². The van der Waals surface area contributed by atoms with Crippen LogP contribution < -0.4 is 5.73 Å². The van der Waals surface area contributed by atoms with Gasteiger partial charge in [-0.3, -0.25) is 0 Å². The van der Waals surface area contributed by atoms with E-state index in [-0.39, 0.29) is 0 Å². The van der Waals surface area contributed by atoms with Gasteiger partial charge in [-0.15, -0.1) is 0 Å². The summed E-state index contributed by atoms with van der Waals surface area (Å²) in [4.78, 5) is 4.42. The number of thioether (sulfide) groups is 1. The van der Waals surface area contributed by atoms with Crippen LogP contribution in [0.15, 0.2) is 24.5 Å². The number of fused-ring (bicyclic) bond motifs is 1. The number of nitrogen functional groups attached to an aromatic ring is 1. The van der Waals surface area contributed by atoms with Crippen LogP contribution in [0.4, 0.5) is 5.69 Å². The van der Waals surface area contributed by atoms with E-state index in [0.717, 1.165) is 23.7 Å². The smallest absolute Gasteiger partial charge is 0.0958 e. The molecule has 0 saturated carbocycles. The van der Waals surface area contributed by atoms with Crippen molar-refractivity contribution in [2.75, 3.05) is 17.2 Å². The molecule has 1 saturated heterocycles. The topological polar surface area (TPSA) is 43.8 Å². The summed E-state index contributed by atoms with van der Waals surface area (Å²) in [5, 5.41) is 0. The number of imidazole rings is 1. The third-order valence-electron chi connectivity index (χ3n) is 3.44. The number of hydrogen-bond acceptors (Lipinski definition) is 3. The van der Waals surface area contributed by atoms with E-state index in [1.54, 1.807) is 0 Å². The summed E-state index contributed by atoms with van der Waals surface area (Å²) >= 11 is 2.08. The lowest BCUT2D eigenvalue weighted by Crippen LogP contribution is -2.15. The first-order chi connectivity index (χ1) is 8.33. The number of aromatic nitrogens is 2. The largest absolute Gasteiger partial charge is 0.399 e. The van der Waals surface area contributed by atoms with Crippen LogP contribution in [0.2, 0.25) is 0 Å². The molecule has 0 radical (unpaired) electrons. The van der Waals surface area contributed by atoms with Gasteiger partial charge in [0.15, 0.2) is 0 Å². The van der Waals surface area contributed by atoms with Crippen LogP contribution in [-0.2, 0) is 6.54 Å². The lowest BCUT2D eigenvalue weighted by molar-refractivity contribution is 0.422. The molecule has 1 aliphatic rings. The fourth-order valence-corrected chi connectivity index (χ4v) is 3.64. The van der Waals surface area contributed by atoms with Crippen molar-refractivity contribution in [2.24, 2.45) is 5.92 Å². The lowest BCUT2D eigenvalue weighted by Gasteiger charge is -2.21. The second-order valence-corrected chi connectivity index (χ2v) is 5.93. The average Bonchev–Trinajstić information content (AvgIpc) is 2.73. The summed E-state index contributed by atoms with van der Waals surface area (Å²) in [7, 11) is 0. The molecule has 2 aromatic rings. The van der Waals surface area contributed by atoms with Crippen LogP contribution in [0, 0.1) is 5.92 Å². The van der Waals surface area contributed by atoms with E-state index in [1.165, 1.54) is 29.9 Å². The van der Waals surface area contributed by atoms with Gasteiger partial charge in [-0.1, -0.05) is 0 Å². The predicted molar refractivity (Wildman–Crippen MR) is 74.2 cm³/mol. The fourth-order valence-electron chi connectivity index (χ4n) is 2.43. The standard InChI is InChI=1S/C13H17N3S/c14-11-1-2-13-12(7-11)15-9-16(13)8-10-3-5-17-6-4-10/h1-2,7,9-10H,3-6,8,14H2. The second kappa shape index (κ2) is 4.61. The van der Waals surface area contributed by atoms with Gasteiger partial charge in [-0.2, -0.15) is 11.8 Å². The zero-order valence-corrected chi connectivity index (χ0v) is 10.6. The van der Waals surface area contributed by atoms with Gasteiger partial charge < -0.3 is 10.3 Å². The van der Waals surface area contributed by atoms with Gasteiger partial charge in [0, 0.05) is 12.2 Å². The monoisotopic (exact) mass is 247 g/mol. The van der Waals surface area contributed by atoms with Crippen LogP contribution in [0.5, 0.6) is 0 Å². The highest BCUT2D eigenvalue weighted by Crippen LogP contribution is 2.25. The predicted octanol–water partition coefficient (Wildman–Crippen LogP) is 2.76. The van der Waals surface area contributed by atoms with Crippen LogP contribution in [0.25, 0.3) is 11.0 Å². The molecule has 1 fully saturated rings. The maximum absolute atomic E-state index is 5.77. The molecule has 0 amide bonds. The highest BCUT2D eigenvalue weighted by atomic mass is 32.2. The molecule has 0 bridgehead atoms. The Labute approximate surface area is 105 Å². The van der Waals surface area contributed by atoms with Gasteiger partial charge in [0.05, 0.1) is 17.4 Å². The van der Waals surface area contributed by atoms with Gasteiger partial charge in [0.1, 0.15) is 0 Å². The Hall–Kier alpha value is -1.16. The van der Waals surface area contributed by atoms with Crippen molar-refractivity contribution in [1.82, 2.24) is 9.55 Å². The molecule has 0 aliphatic carbocycles. The Bertz CT molecular complexity index is 514. The zero-order valence-electron chi connectivity index (χ0n) is 9.80. The van der Waals surface area contributed by atoms with E-state index in [0.29, 0.717) is 0 Å². The molecular formula is C13H17N3S. The highest BCUT2D eigenvalue weighted by Gasteiger charge is 2.15. The molecule has 17 heavy (non-hydrogen) atoms. The lowest BCUT2D eigenvalue weighted by atomic mass is 10.0. The molecule has 0 atom stereocenters. The number of rotatable bonds is 2. The van der Waals surface area contributed by atoms with Gasteiger partial charge >= 0.3 is 0 Å². The quantitative estimate of drug-likeness (QED) is 0.830. The second-order valence-electron chi connectivity index (χ2n) is 4.70. The van der Waals surface area contributed by atoms with Gasteiger partial charge in [0.2, 0.25) is 0 Å². The minimum Gasteiger partial charge on any atom is -0.399 e. The number of benzene rings is 1. The van der Waals surface area contributed by atoms with Crippen molar-refractivity contribution >= 4 is 28.5 Å². The first kappa shape index (κ1) is 11.0. The normalized spacial score (nSPS) is 17.6. The van der Waals surface area contributed by atoms with E-state index in [1.807, 2.05) is 18.5 Å². The van der Waals surface area contributed by atoms with Crippen molar-refractivity contribution in [1.29, 1.82) is 0 Å². The molecule has 2 N–H and O–H groups in total. The molecule has 4 heteroatoms. The Morgan fingerprint density at radius 2 is 2.18 bits per heavy atom. The van der Waals surface area contributed by atoms with Crippen molar-refractivity contribution in [3.8, 4) is 0 Å². The van der Waals surface area contributed by atoms with Crippen molar-refractivity contribution in [3.63, 3.8) is 0 Å². The van der Waals surface area contributed by atoms with E-state index in [2.05, 4.69) is 27.4 Å². The minimum atomic E-state index is 0.789. The molecule has 1 aromatic carbocycles. The Morgan fingerprint density at radius 3 is 3.00 bits per heavy atom. The van der Waals surface area contributed by atoms with Crippen LogP contribution >= 0.6 is 11.8 Å². The van der Waals surface area contributed by atoms with Crippen molar-refractivity contribution in [2.45, 2.75) is 19.4 Å². The summed E-state index contributed by atoms with van der Waals surface area (Å²) in [5.74, 6) is 3.43. The van der Waals surface area contributed by atoms with E-state index in [9.17, 15) is 0 Å². The van der Waals surface area contributed by atoms with E-state index < -0.39 is 0 Å². The summed E-state index contributed by atoms with van der Waals surface area (Å²) in [6, 6.07) is 5.98. The van der Waals surface area contributed by atoms with Crippen LogP contribution in [-0.4, -0.2) is 21.1 Å². The summed E-state index contributed by atoms with van der Waals surface area (Å²) < 4.78 is 2.27. The molecule has 0 unspecified atom stereocenters. The first-order valence-electron chi connectivity index (χ1n) is 6.11. The Kier molecular flexibility index (Phi) is 2.97. The molecule has 1 aliphatic heterocycles. The Morgan fingerprint density at radius 1 is 1.35 bits per heavy atom. The summed E-state index contributed by atoms with van der Waals surface area (Å²) in [5.41, 5.74) is 8.77. The van der Waals surface area contributed by atoms with Gasteiger partial charge in [0.25, 0.3) is 0 Å². The van der Waals surface area contributed by atoms with Gasteiger partial charge in [-0.05, 0) is 48.5 Å². The Balaban J connectivity index is 1.84.